The molecule has 0 aliphatic carbocycles. The van der Waals surface area contributed by atoms with Gasteiger partial charge in [-0.3, -0.25) is 9.69 Å². The Bertz CT molecular complexity index is 837. The predicted octanol–water partition coefficient (Wildman–Crippen LogP) is 4.55. The Hall–Kier alpha value is -2.09. The number of amides is 1. The SMILES string of the molecule is O=C(CN1CCN(CCCc2ccccc2)CC1)Nc1ccc(Cl)c(C(F)(F)F)c1. The molecule has 1 aliphatic rings. The third kappa shape index (κ3) is 6.72. The molecule has 30 heavy (non-hydrogen) atoms. The van der Waals surface area contributed by atoms with Crippen LogP contribution in [0.1, 0.15) is 17.5 Å². The van der Waals surface area contributed by atoms with Gasteiger partial charge in [-0.15, -0.1) is 0 Å². The highest BCUT2D eigenvalue weighted by Crippen LogP contribution is 2.36. The van der Waals surface area contributed by atoms with Crippen LogP contribution in [0.3, 0.4) is 0 Å². The van der Waals surface area contributed by atoms with Gasteiger partial charge in [0.1, 0.15) is 0 Å². The van der Waals surface area contributed by atoms with Gasteiger partial charge in [0.25, 0.3) is 0 Å². The molecule has 2 aromatic rings. The normalized spacial score (nSPS) is 15.9. The zero-order valence-corrected chi connectivity index (χ0v) is 17.3. The van der Waals surface area contributed by atoms with E-state index < -0.39 is 11.7 Å². The topological polar surface area (TPSA) is 35.6 Å². The van der Waals surface area contributed by atoms with Crippen LogP contribution in [0.2, 0.25) is 5.02 Å². The van der Waals surface area contributed by atoms with Gasteiger partial charge < -0.3 is 10.2 Å². The first-order valence-corrected chi connectivity index (χ1v) is 10.3. The molecule has 3 rings (SSSR count). The van der Waals surface area contributed by atoms with Crippen LogP contribution in [0, 0.1) is 0 Å². The maximum atomic E-state index is 13.0. The van der Waals surface area contributed by atoms with Crippen LogP contribution in [0.4, 0.5) is 18.9 Å². The van der Waals surface area contributed by atoms with Crippen molar-refractivity contribution in [1.29, 1.82) is 0 Å². The average molecular weight is 440 g/mol. The minimum absolute atomic E-state index is 0.0938. The van der Waals surface area contributed by atoms with Crippen LogP contribution in [-0.4, -0.2) is 55.0 Å². The Morgan fingerprint density at radius 2 is 1.67 bits per heavy atom. The van der Waals surface area contributed by atoms with Gasteiger partial charge in [-0.05, 0) is 43.1 Å². The molecule has 1 amide bonds. The molecular weight excluding hydrogens is 415 g/mol. The lowest BCUT2D eigenvalue weighted by molar-refractivity contribution is -0.137. The number of hydrogen-bond donors (Lipinski definition) is 1. The fourth-order valence-corrected chi connectivity index (χ4v) is 3.77. The Morgan fingerprint density at radius 3 is 2.33 bits per heavy atom. The van der Waals surface area contributed by atoms with Crippen molar-refractivity contribution in [2.24, 2.45) is 0 Å². The van der Waals surface area contributed by atoms with Crippen molar-refractivity contribution in [2.75, 3.05) is 44.6 Å². The van der Waals surface area contributed by atoms with E-state index in [0.717, 1.165) is 57.7 Å². The van der Waals surface area contributed by atoms with Crippen molar-refractivity contribution in [3.05, 3.63) is 64.7 Å². The Morgan fingerprint density at radius 1 is 1.00 bits per heavy atom. The molecule has 8 heteroatoms. The third-order valence-electron chi connectivity index (χ3n) is 5.17. The number of alkyl halides is 3. The molecule has 162 valence electrons. The molecule has 0 aromatic heterocycles. The summed E-state index contributed by atoms with van der Waals surface area (Å²) in [4.78, 5) is 16.7. The molecule has 0 atom stereocenters. The van der Waals surface area contributed by atoms with Gasteiger partial charge in [-0.2, -0.15) is 13.2 Å². The van der Waals surface area contributed by atoms with Crippen LogP contribution in [0.5, 0.6) is 0 Å². The number of nitrogens with one attached hydrogen (secondary N) is 1. The van der Waals surface area contributed by atoms with Crippen LogP contribution < -0.4 is 5.32 Å². The van der Waals surface area contributed by atoms with Gasteiger partial charge in [0.15, 0.2) is 0 Å². The quantitative estimate of drug-likeness (QED) is 0.687. The van der Waals surface area contributed by atoms with E-state index in [4.69, 9.17) is 11.6 Å². The summed E-state index contributed by atoms with van der Waals surface area (Å²) in [6.07, 6.45) is -2.43. The Kier molecular flexibility index (Phi) is 7.75. The number of aryl methyl sites for hydroxylation is 1. The summed E-state index contributed by atoms with van der Waals surface area (Å²) < 4.78 is 38.9. The second-order valence-corrected chi connectivity index (χ2v) is 7.85. The number of carbonyl (C=O) groups is 1. The zero-order valence-electron chi connectivity index (χ0n) is 16.6. The molecule has 0 spiro atoms. The number of piperazine rings is 1. The number of benzene rings is 2. The number of halogens is 4. The van der Waals surface area contributed by atoms with Gasteiger partial charge in [0.05, 0.1) is 17.1 Å². The third-order valence-corrected chi connectivity index (χ3v) is 5.50. The minimum atomic E-state index is -4.56. The molecule has 1 fully saturated rings. The number of carbonyl (C=O) groups excluding carboxylic acids is 1. The van der Waals surface area contributed by atoms with Gasteiger partial charge in [0, 0.05) is 31.9 Å². The van der Waals surface area contributed by atoms with Crippen LogP contribution >= 0.6 is 11.6 Å². The first-order valence-electron chi connectivity index (χ1n) is 9.96. The van der Waals surface area contributed by atoms with Crippen molar-refractivity contribution in [3.63, 3.8) is 0 Å². The number of nitrogens with zero attached hydrogens (tertiary/aromatic N) is 2. The summed E-state index contributed by atoms with van der Waals surface area (Å²) in [5, 5.41) is 2.15. The molecule has 4 nitrogen and oxygen atoms in total. The number of rotatable bonds is 7. The highest BCUT2D eigenvalue weighted by molar-refractivity contribution is 6.31. The van der Waals surface area contributed by atoms with Crippen molar-refractivity contribution in [1.82, 2.24) is 9.80 Å². The van der Waals surface area contributed by atoms with Crippen molar-refractivity contribution in [3.8, 4) is 0 Å². The van der Waals surface area contributed by atoms with E-state index in [2.05, 4.69) is 22.3 Å². The lowest BCUT2D eigenvalue weighted by Crippen LogP contribution is -2.48. The lowest BCUT2D eigenvalue weighted by Gasteiger charge is -2.34. The van der Waals surface area contributed by atoms with Crippen LogP contribution in [0.25, 0.3) is 0 Å². The molecule has 0 unspecified atom stereocenters. The van der Waals surface area contributed by atoms with Gasteiger partial charge in [-0.25, -0.2) is 0 Å². The summed E-state index contributed by atoms with van der Waals surface area (Å²) >= 11 is 5.61. The standard InChI is InChI=1S/C22H25ClF3N3O/c23-20-9-8-18(15-19(20)22(24,25)26)27-21(30)16-29-13-11-28(12-14-29)10-4-7-17-5-2-1-3-6-17/h1-3,5-6,8-9,15H,4,7,10-14,16H2,(H,27,30). The second-order valence-electron chi connectivity index (χ2n) is 7.45. The highest BCUT2D eigenvalue weighted by atomic mass is 35.5. The van der Waals surface area contributed by atoms with E-state index in [1.807, 2.05) is 23.1 Å². The highest BCUT2D eigenvalue weighted by Gasteiger charge is 2.33. The average Bonchev–Trinajstić information content (AvgIpc) is 2.71. The van der Waals surface area contributed by atoms with Crippen molar-refractivity contribution >= 4 is 23.2 Å². The van der Waals surface area contributed by atoms with E-state index in [-0.39, 0.29) is 23.2 Å². The van der Waals surface area contributed by atoms with Gasteiger partial charge in [0.2, 0.25) is 5.91 Å². The zero-order chi connectivity index (χ0) is 21.6. The molecule has 1 heterocycles. The molecule has 1 aliphatic heterocycles. The van der Waals surface area contributed by atoms with E-state index in [0.29, 0.717) is 0 Å². The summed E-state index contributed by atoms with van der Waals surface area (Å²) in [5.41, 5.74) is 0.478. The van der Waals surface area contributed by atoms with Crippen LogP contribution in [-0.2, 0) is 17.4 Å². The molecular formula is C22H25ClF3N3O. The lowest BCUT2D eigenvalue weighted by atomic mass is 10.1. The van der Waals surface area contributed by atoms with Gasteiger partial charge in [-0.1, -0.05) is 41.9 Å². The maximum Gasteiger partial charge on any atom is 0.417 e. The fraction of sp³-hybridized carbons (Fsp3) is 0.409. The minimum Gasteiger partial charge on any atom is -0.325 e. The van der Waals surface area contributed by atoms with E-state index in [1.165, 1.54) is 11.6 Å². The van der Waals surface area contributed by atoms with E-state index >= 15 is 0 Å². The smallest absolute Gasteiger partial charge is 0.325 e. The summed E-state index contributed by atoms with van der Waals surface area (Å²) in [7, 11) is 0. The Balaban J connectivity index is 1.40. The molecule has 1 saturated heterocycles. The Labute approximate surface area is 179 Å². The maximum absolute atomic E-state index is 13.0. The molecule has 0 bridgehead atoms. The van der Waals surface area contributed by atoms with Crippen LogP contribution in [0.15, 0.2) is 48.5 Å². The second kappa shape index (κ2) is 10.3. The first kappa shape index (κ1) is 22.6. The fourth-order valence-electron chi connectivity index (χ4n) is 3.55. The molecule has 1 N–H and O–H groups in total. The largest absolute Gasteiger partial charge is 0.417 e. The monoisotopic (exact) mass is 439 g/mol. The number of anilines is 1. The first-order chi connectivity index (χ1) is 14.3. The number of hydrogen-bond acceptors (Lipinski definition) is 3. The summed E-state index contributed by atoms with van der Waals surface area (Å²) in [5.74, 6) is -0.331. The molecule has 0 saturated carbocycles. The summed E-state index contributed by atoms with van der Waals surface area (Å²) in [6, 6.07) is 13.8. The van der Waals surface area contributed by atoms with E-state index in [9.17, 15) is 18.0 Å². The molecule has 2 aromatic carbocycles. The van der Waals surface area contributed by atoms with Gasteiger partial charge >= 0.3 is 6.18 Å². The molecule has 0 radical (unpaired) electrons. The van der Waals surface area contributed by atoms with E-state index in [1.54, 1.807) is 0 Å². The predicted molar refractivity (Wildman–Crippen MR) is 113 cm³/mol. The summed E-state index contributed by atoms with van der Waals surface area (Å²) in [6.45, 7) is 4.44. The van der Waals surface area contributed by atoms with Crippen molar-refractivity contribution in [2.45, 2.75) is 19.0 Å². The van der Waals surface area contributed by atoms with Crippen molar-refractivity contribution < 1.29 is 18.0 Å².